The number of hydrogen-bond donors (Lipinski definition) is 2. The van der Waals surface area contributed by atoms with Crippen LogP contribution in [0, 0.1) is 17.8 Å². The fraction of sp³-hybridized carbons (Fsp3) is 0.846. The number of nitrogens with two attached hydrogens (primary N) is 1. The number of amides is 2. The van der Waals surface area contributed by atoms with Crippen LogP contribution in [0.1, 0.15) is 26.7 Å². The van der Waals surface area contributed by atoms with Crippen LogP contribution in [-0.4, -0.2) is 43.4 Å². The standard InChI is InChI=1S/C13H25N3O2/c1-8-5-9(2)11(14)6-10(8)13(18)15-7-12(17)16(3)4/h8-11H,5-7,14H2,1-4H3,(H,15,18). The normalized spacial score (nSPS) is 31.8. The number of hydrogen-bond acceptors (Lipinski definition) is 3. The lowest BCUT2D eigenvalue weighted by Crippen LogP contribution is -2.46. The second kappa shape index (κ2) is 6.18. The Hall–Kier alpha value is -1.10. The van der Waals surface area contributed by atoms with Crippen molar-refractivity contribution in [1.29, 1.82) is 0 Å². The molecule has 0 heterocycles. The minimum absolute atomic E-state index is 0.0416. The average Bonchev–Trinajstić information content (AvgIpc) is 2.30. The number of likely N-dealkylation sites (N-methyl/N-ethyl adjacent to an activating group) is 1. The molecule has 5 nitrogen and oxygen atoms in total. The minimum atomic E-state index is -0.0931. The van der Waals surface area contributed by atoms with Crippen molar-refractivity contribution in [3.63, 3.8) is 0 Å². The van der Waals surface area contributed by atoms with Crippen molar-refractivity contribution in [3.8, 4) is 0 Å². The molecule has 3 N–H and O–H groups in total. The van der Waals surface area contributed by atoms with E-state index in [1.165, 1.54) is 4.90 Å². The molecule has 0 bridgehead atoms. The number of nitrogens with zero attached hydrogens (tertiary/aromatic N) is 1. The predicted octanol–water partition coefficient (Wildman–Crippen LogP) is 0.200. The zero-order valence-corrected chi connectivity index (χ0v) is 11.8. The van der Waals surface area contributed by atoms with Crippen LogP contribution in [0.25, 0.3) is 0 Å². The molecule has 4 atom stereocenters. The van der Waals surface area contributed by atoms with Gasteiger partial charge in [0, 0.05) is 26.1 Å². The summed E-state index contributed by atoms with van der Waals surface area (Å²) < 4.78 is 0. The van der Waals surface area contributed by atoms with Crippen molar-refractivity contribution < 1.29 is 9.59 Å². The fourth-order valence-corrected chi connectivity index (χ4v) is 2.50. The molecule has 0 aromatic rings. The molecule has 5 heteroatoms. The Balaban J connectivity index is 2.48. The lowest BCUT2D eigenvalue weighted by Gasteiger charge is -2.36. The molecule has 1 fully saturated rings. The molecular weight excluding hydrogens is 230 g/mol. The molecule has 1 aliphatic carbocycles. The fourth-order valence-electron chi connectivity index (χ4n) is 2.50. The maximum Gasteiger partial charge on any atom is 0.241 e. The second-order valence-corrected chi connectivity index (χ2v) is 5.70. The molecule has 0 aromatic carbocycles. The van der Waals surface area contributed by atoms with Crippen LogP contribution in [0.4, 0.5) is 0 Å². The van der Waals surface area contributed by atoms with E-state index in [1.807, 2.05) is 0 Å². The highest BCUT2D eigenvalue weighted by atomic mass is 16.2. The molecule has 104 valence electrons. The largest absolute Gasteiger partial charge is 0.347 e. The highest BCUT2D eigenvalue weighted by Gasteiger charge is 2.34. The topological polar surface area (TPSA) is 75.4 Å². The first-order valence-corrected chi connectivity index (χ1v) is 6.56. The van der Waals surface area contributed by atoms with Gasteiger partial charge in [0.2, 0.25) is 11.8 Å². The van der Waals surface area contributed by atoms with Crippen molar-refractivity contribution in [2.24, 2.45) is 23.5 Å². The summed E-state index contributed by atoms with van der Waals surface area (Å²) in [5.74, 6) is 0.595. The van der Waals surface area contributed by atoms with Crippen molar-refractivity contribution in [2.75, 3.05) is 20.6 Å². The molecule has 0 saturated heterocycles. The van der Waals surface area contributed by atoms with E-state index in [2.05, 4.69) is 19.2 Å². The molecule has 0 radical (unpaired) electrons. The van der Waals surface area contributed by atoms with E-state index in [4.69, 9.17) is 5.73 Å². The Morgan fingerprint density at radius 2 is 1.83 bits per heavy atom. The third-order valence-corrected chi connectivity index (χ3v) is 3.94. The zero-order chi connectivity index (χ0) is 13.9. The molecule has 1 saturated carbocycles. The molecule has 0 spiro atoms. The van der Waals surface area contributed by atoms with E-state index >= 15 is 0 Å². The van der Waals surface area contributed by atoms with Gasteiger partial charge in [0.25, 0.3) is 0 Å². The van der Waals surface area contributed by atoms with Crippen LogP contribution in [0.2, 0.25) is 0 Å². The summed E-state index contributed by atoms with van der Waals surface area (Å²) in [5.41, 5.74) is 6.02. The van der Waals surface area contributed by atoms with Gasteiger partial charge in [0.05, 0.1) is 6.54 Å². The summed E-state index contributed by atoms with van der Waals surface area (Å²) in [6.45, 7) is 4.28. The SMILES string of the molecule is CC1CC(C)C(C(=O)NCC(=O)N(C)C)CC1N. The number of nitrogens with one attached hydrogen (secondary N) is 1. The van der Waals surface area contributed by atoms with Crippen molar-refractivity contribution in [2.45, 2.75) is 32.7 Å². The van der Waals surface area contributed by atoms with Gasteiger partial charge in [0.1, 0.15) is 0 Å². The van der Waals surface area contributed by atoms with Gasteiger partial charge in [-0.15, -0.1) is 0 Å². The molecule has 1 aliphatic rings. The first kappa shape index (κ1) is 15.0. The highest BCUT2D eigenvalue weighted by molar-refractivity contribution is 5.85. The summed E-state index contributed by atoms with van der Waals surface area (Å²) in [5, 5.41) is 2.71. The van der Waals surface area contributed by atoms with E-state index in [0.717, 1.165) is 6.42 Å². The van der Waals surface area contributed by atoms with E-state index < -0.39 is 0 Å². The van der Waals surface area contributed by atoms with Gasteiger partial charge in [-0.2, -0.15) is 0 Å². The average molecular weight is 255 g/mol. The van der Waals surface area contributed by atoms with Gasteiger partial charge in [-0.25, -0.2) is 0 Å². The minimum Gasteiger partial charge on any atom is -0.347 e. The Morgan fingerprint density at radius 1 is 1.22 bits per heavy atom. The molecular formula is C13H25N3O2. The first-order chi connectivity index (χ1) is 8.32. The molecule has 0 aromatic heterocycles. The van der Waals surface area contributed by atoms with Crippen molar-refractivity contribution in [3.05, 3.63) is 0 Å². The van der Waals surface area contributed by atoms with Gasteiger partial charge < -0.3 is 16.0 Å². The van der Waals surface area contributed by atoms with E-state index in [9.17, 15) is 9.59 Å². The van der Waals surface area contributed by atoms with E-state index in [-0.39, 0.29) is 30.3 Å². The maximum atomic E-state index is 12.1. The number of carbonyl (C=O) groups excluding carboxylic acids is 2. The quantitative estimate of drug-likeness (QED) is 0.756. The monoisotopic (exact) mass is 255 g/mol. The molecule has 18 heavy (non-hydrogen) atoms. The lowest BCUT2D eigenvalue weighted by atomic mass is 9.72. The number of carbonyl (C=O) groups is 2. The van der Waals surface area contributed by atoms with Crippen LogP contribution in [0.15, 0.2) is 0 Å². The predicted molar refractivity (Wildman–Crippen MR) is 70.7 cm³/mol. The summed E-state index contributed by atoms with van der Waals surface area (Å²) in [6.07, 6.45) is 1.69. The van der Waals surface area contributed by atoms with Crippen molar-refractivity contribution >= 4 is 11.8 Å². The second-order valence-electron chi connectivity index (χ2n) is 5.70. The third kappa shape index (κ3) is 3.70. The zero-order valence-electron chi connectivity index (χ0n) is 11.8. The molecule has 2 amide bonds. The van der Waals surface area contributed by atoms with Gasteiger partial charge in [-0.05, 0) is 24.7 Å². The van der Waals surface area contributed by atoms with E-state index in [1.54, 1.807) is 14.1 Å². The molecule has 1 rings (SSSR count). The summed E-state index contributed by atoms with van der Waals surface area (Å²) >= 11 is 0. The van der Waals surface area contributed by atoms with Gasteiger partial charge in [-0.1, -0.05) is 13.8 Å². The highest BCUT2D eigenvalue weighted by Crippen LogP contribution is 2.32. The van der Waals surface area contributed by atoms with Crippen LogP contribution in [0.3, 0.4) is 0 Å². The summed E-state index contributed by atoms with van der Waals surface area (Å²) in [6, 6.07) is 0.0847. The third-order valence-electron chi connectivity index (χ3n) is 3.94. The Bertz CT molecular complexity index is 317. The Labute approximate surface area is 109 Å². The van der Waals surface area contributed by atoms with Crippen LogP contribution < -0.4 is 11.1 Å². The Morgan fingerprint density at radius 3 is 2.39 bits per heavy atom. The first-order valence-electron chi connectivity index (χ1n) is 6.56. The number of rotatable bonds is 3. The van der Waals surface area contributed by atoms with Crippen LogP contribution in [-0.2, 0) is 9.59 Å². The van der Waals surface area contributed by atoms with Gasteiger partial charge in [-0.3, -0.25) is 9.59 Å². The van der Waals surface area contributed by atoms with Crippen molar-refractivity contribution in [1.82, 2.24) is 10.2 Å². The maximum absolute atomic E-state index is 12.1. The van der Waals surface area contributed by atoms with E-state index in [0.29, 0.717) is 18.3 Å². The smallest absolute Gasteiger partial charge is 0.241 e. The van der Waals surface area contributed by atoms with Gasteiger partial charge in [0.15, 0.2) is 0 Å². The molecule has 4 unspecified atom stereocenters. The summed E-state index contributed by atoms with van der Waals surface area (Å²) in [7, 11) is 3.35. The van der Waals surface area contributed by atoms with Crippen LogP contribution in [0.5, 0.6) is 0 Å². The van der Waals surface area contributed by atoms with Gasteiger partial charge >= 0.3 is 0 Å². The lowest BCUT2D eigenvalue weighted by molar-refractivity contribution is -0.133. The Kier molecular flexibility index (Phi) is 5.14. The van der Waals surface area contributed by atoms with Crippen LogP contribution >= 0.6 is 0 Å². The summed E-state index contributed by atoms with van der Waals surface area (Å²) in [4.78, 5) is 24.9. The molecule has 0 aliphatic heterocycles.